The van der Waals surface area contributed by atoms with Gasteiger partial charge in [-0.25, -0.2) is 9.80 Å². The Morgan fingerprint density at radius 2 is 1.73 bits per heavy atom. The van der Waals surface area contributed by atoms with Crippen LogP contribution in [0, 0.1) is 11.8 Å². The van der Waals surface area contributed by atoms with Crippen molar-refractivity contribution in [3.05, 3.63) is 0 Å². The minimum absolute atomic E-state index is 0.335. The van der Waals surface area contributed by atoms with E-state index in [1.54, 1.807) is 0 Å². The third-order valence-electron chi connectivity index (χ3n) is 3.93. The van der Waals surface area contributed by atoms with Gasteiger partial charge in [-0.2, -0.15) is 0 Å². The summed E-state index contributed by atoms with van der Waals surface area (Å²) in [5.41, 5.74) is 3.06. The summed E-state index contributed by atoms with van der Waals surface area (Å²) in [6, 6.07) is 0. The Balaban J connectivity index is 2.31. The van der Waals surface area contributed by atoms with Gasteiger partial charge in [-0.3, -0.25) is 5.43 Å². The van der Waals surface area contributed by atoms with Gasteiger partial charge < -0.3 is 15.0 Å². The van der Waals surface area contributed by atoms with Crippen molar-refractivity contribution in [2.24, 2.45) is 11.8 Å². The molecule has 2 N–H and O–H groups in total. The molecule has 1 aliphatic rings. The third-order valence-corrected chi connectivity index (χ3v) is 3.93. The number of rotatable bonds is 6. The van der Waals surface area contributed by atoms with E-state index in [1.165, 1.54) is 0 Å². The maximum Gasteiger partial charge on any atom is 0.407 e. The molecule has 1 saturated heterocycles. The first-order valence-corrected chi connectivity index (χ1v) is 8.31. The molecule has 0 bridgehead atoms. The number of hydrogen-bond acceptors (Lipinski definition) is 5. The lowest BCUT2D eigenvalue weighted by Gasteiger charge is -2.34. The van der Waals surface area contributed by atoms with Gasteiger partial charge in [0, 0.05) is 39.3 Å². The minimum Gasteiger partial charge on any atom is -0.444 e. The molecule has 0 aromatic heterocycles. The van der Waals surface area contributed by atoms with Crippen LogP contribution in [0.15, 0.2) is 0 Å². The maximum absolute atomic E-state index is 11.8. The van der Waals surface area contributed by atoms with E-state index in [4.69, 9.17) is 4.74 Å². The van der Waals surface area contributed by atoms with Crippen molar-refractivity contribution in [1.82, 2.24) is 20.7 Å². The molecular formula is C16H34N4O2. The molecule has 6 nitrogen and oxygen atoms in total. The van der Waals surface area contributed by atoms with Crippen LogP contribution >= 0.6 is 0 Å². The van der Waals surface area contributed by atoms with Crippen LogP contribution in [-0.2, 0) is 4.74 Å². The molecule has 1 fully saturated rings. The van der Waals surface area contributed by atoms with E-state index in [0.717, 1.165) is 32.7 Å². The number of amides is 1. The lowest BCUT2D eigenvalue weighted by molar-refractivity contribution is 0.0505. The summed E-state index contributed by atoms with van der Waals surface area (Å²) in [7, 11) is 2.15. The van der Waals surface area contributed by atoms with E-state index in [2.05, 4.69) is 41.5 Å². The van der Waals surface area contributed by atoms with Gasteiger partial charge in [0.1, 0.15) is 5.60 Å². The number of likely N-dealkylation sites (N-methyl/N-ethyl adjacent to an activating group) is 1. The van der Waals surface area contributed by atoms with Crippen molar-refractivity contribution in [3.63, 3.8) is 0 Å². The number of nitrogens with one attached hydrogen (secondary N) is 2. The Labute approximate surface area is 135 Å². The molecule has 1 amide bonds. The molecule has 0 saturated carbocycles. The number of ether oxygens (including phenoxy) is 1. The van der Waals surface area contributed by atoms with E-state index in [0.29, 0.717) is 18.4 Å². The average Bonchev–Trinajstić information content (AvgIpc) is 2.38. The quantitative estimate of drug-likeness (QED) is 0.779. The summed E-state index contributed by atoms with van der Waals surface area (Å²) in [5.74, 6) is 0.877. The molecule has 0 spiro atoms. The van der Waals surface area contributed by atoms with E-state index in [1.807, 2.05) is 20.8 Å². The number of nitrogens with zero attached hydrogens (tertiary/aromatic N) is 2. The highest BCUT2D eigenvalue weighted by molar-refractivity contribution is 5.67. The molecule has 1 atom stereocenters. The molecule has 0 aliphatic carbocycles. The Bertz CT molecular complexity index is 334. The molecule has 1 aliphatic heterocycles. The molecule has 0 aromatic carbocycles. The topological polar surface area (TPSA) is 56.8 Å². The molecule has 0 radical (unpaired) electrons. The van der Waals surface area contributed by atoms with E-state index in [9.17, 15) is 4.79 Å². The summed E-state index contributed by atoms with van der Waals surface area (Å²) < 4.78 is 5.29. The highest BCUT2D eigenvalue weighted by Crippen LogP contribution is 2.11. The fourth-order valence-corrected chi connectivity index (χ4v) is 2.28. The van der Waals surface area contributed by atoms with Crippen molar-refractivity contribution < 1.29 is 9.53 Å². The SMILES string of the molecule is CC(C)C(CNC(=O)OC(C)(C)C)CNN1CCN(C)CC1. The van der Waals surface area contributed by atoms with Crippen molar-refractivity contribution in [2.45, 2.75) is 40.2 Å². The molecular weight excluding hydrogens is 280 g/mol. The average molecular weight is 314 g/mol. The van der Waals surface area contributed by atoms with Gasteiger partial charge in [0.25, 0.3) is 0 Å². The van der Waals surface area contributed by atoms with Gasteiger partial charge in [-0.15, -0.1) is 0 Å². The fraction of sp³-hybridized carbons (Fsp3) is 0.938. The molecule has 1 heterocycles. The highest BCUT2D eigenvalue weighted by Gasteiger charge is 2.20. The van der Waals surface area contributed by atoms with Crippen molar-refractivity contribution in [2.75, 3.05) is 46.3 Å². The Hall–Kier alpha value is -0.850. The van der Waals surface area contributed by atoms with Crippen molar-refractivity contribution >= 4 is 6.09 Å². The number of piperazine rings is 1. The van der Waals surface area contributed by atoms with Crippen LogP contribution in [0.1, 0.15) is 34.6 Å². The van der Waals surface area contributed by atoms with Crippen LogP contribution in [0.2, 0.25) is 0 Å². The van der Waals surface area contributed by atoms with Crippen LogP contribution in [0.3, 0.4) is 0 Å². The number of alkyl carbamates (subject to hydrolysis) is 1. The smallest absolute Gasteiger partial charge is 0.407 e. The maximum atomic E-state index is 11.8. The lowest BCUT2D eigenvalue weighted by Crippen LogP contribution is -2.52. The number of hydrogen-bond donors (Lipinski definition) is 2. The summed E-state index contributed by atoms with van der Waals surface area (Å²) >= 11 is 0. The Morgan fingerprint density at radius 3 is 2.23 bits per heavy atom. The zero-order chi connectivity index (χ0) is 16.8. The highest BCUT2D eigenvalue weighted by atomic mass is 16.6. The second-order valence-corrected chi connectivity index (χ2v) is 7.54. The van der Waals surface area contributed by atoms with E-state index < -0.39 is 5.60 Å². The zero-order valence-electron chi connectivity index (χ0n) is 15.1. The van der Waals surface area contributed by atoms with Gasteiger partial charge in [0.05, 0.1) is 0 Å². The summed E-state index contributed by atoms with van der Waals surface area (Å²) in [6.07, 6.45) is -0.335. The Morgan fingerprint density at radius 1 is 1.14 bits per heavy atom. The monoisotopic (exact) mass is 314 g/mol. The lowest BCUT2D eigenvalue weighted by atomic mass is 9.96. The molecule has 1 rings (SSSR count). The van der Waals surface area contributed by atoms with Crippen LogP contribution in [0.5, 0.6) is 0 Å². The van der Waals surface area contributed by atoms with Gasteiger partial charge in [-0.05, 0) is 39.7 Å². The van der Waals surface area contributed by atoms with E-state index >= 15 is 0 Å². The van der Waals surface area contributed by atoms with Crippen LogP contribution in [0.25, 0.3) is 0 Å². The molecule has 22 heavy (non-hydrogen) atoms. The summed E-state index contributed by atoms with van der Waals surface area (Å²) in [6.45, 7) is 15.8. The van der Waals surface area contributed by atoms with Crippen LogP contribution in [0.4, 0.5) is 4.79 Å². The largest absolute Gasteiger partial charge is 0.444 e. The predicted octanol–water partition coefficient (Wildman–Crippen LogP) is 1.54. The fourth-order valence-electron chi connectivity index (χ4n) is 2.28. The molecule has 0 aromatic rings. The molecule has 6 heteroatoms. The normalized spacial score (nSPS) is 19.2. The van der Waals surface area contributed by atoms with Crippen LogP contribution in [-0.4, -0.2) is 67.9 Å². The summed E-state index contributed by atoms with van der Waals surface area (Å²) in [5, 5.41) is 5.17. The first-order valence-electron chi connectivity index (χ1n) is 8.31. The van der Waals surface area contributed by atoms with Gasteiger partial charge in [-0.1, -0.05) is 13.8 Å². The van der Waals surface area contributed by atoms with Gasteiger partial charge in [0.2, 0.25) is 0 Å². The second kappa shape index (κ2) is 8.70. The van der Waals surface area contributed by atoms with E-state index in [-0.39, 0.29) is 6.09 Å². The minimum atomic E-state index is -0.449. The predicted molar refractivity (Wildman–Crippen MR) is 89.6 cm³/mol. The first kappa shape index (κ1) is 19.2. The molecule has 1 unspecified atom stereocenters. The van der Waals surface area contributed by atoms with Gasteiger partial charge in [0.15, 0.2) is 0 Å². The second-order valence-electron chi connectivity index (χ2n) is 7.54. The molecule has 130 valence electrons. The number of carbonyl (C=O) groups excluding carboxylic acids is 1. The first-order chi connectivity index (χ1) is 10.2. The van der Waals surface area contributed by atoms with Crippen LogP contribution < -0.4 is 10.7 Å². The van der Waals surface area contributed by atoms with Gasteiger partial charge >= 0.3 is 6.09 Å². The standard InChI is InChI=1S/C16H34N4O2/c1-13(2)14(11-17-15(21)22-16(3,4)5)12-18-20-9-7-19(6)8-10-20/h13-14,18H,7-12H2,1-6H3,(H,17,21). The zero-order valence-corrected chi connectivity index (χ0v) is 15.1. The van der Waals surface area contributed by atoms with Crippen molar-refractivity contribution in [1.29, 1.82) is 0 Å². The Kier molecular flexibility index (Phi) is 7.59. The summed E-state index contributed by atoms with van der Waals surface area (Å²) in [4.78, 5) is 14.1. The van der Waals surface area contributed by atoms with Crippen molar-refractivity contribution in [3.8, 4) is 0 Å². The third kappa shape index (κ3) is 7.96. The number of hydrazine groups is 1. The number of carbonyl (C=O) groups is 1.